The van der Waals surface area contributed by atoms with Gasteiger partial charge in [-0.25, -0.2) is 8.42 Å². The lowest BCUT2D eigenvalue weighted by Gasteiger charge is -2.05. The van der Waals surface area contributed by atoms with Crippen LogP contribution >= 0.6 is 18.5 Å². The fourth-order valence-corrected chi connectivity index (χ4v) is 4.96. The maximum absolute atomic E-state index is 12.4. The van der Waals surface area contributed by atoms with Crippen LogP contribution in [0, 0.1) is 0 Å². The number of sulfone groups is 1. The van der Waals surface area contributed by atoms with Crippen molar-refractivity contribution in [3.63, 3.8) is 0 Å². The van der Waals surface area contributed by atoms with Crippen LogP contribution in [-0.2, 0) is 9.84 Å². The highest BCUT2D eigenvalue weighted by molar-refractivity contribution is 7.92. The van der Waals surface area contributed by atoms with Crippen molar-refractivity contribution >= 4 is 38.9 Å². The molecule has 17 heavy (non-hydrogen) atoms. The maximum atomic E-state index is 12.4. The number of rotatable bonds is 0. The molecule has 0 amide bonds. The molecule has 1 aliphatic rings. The molecular formula is C12H10O2P2S. The first-order chi connectivity index (χ1) is 8.03. The van der Waals surface area contributed by atoms with Crippen molar-refractivity contribution < 1.29 is 8.42 Å². The molecule has 1 aliphatic heterocycles. The van der Waals surface area contributed by atoms with Gasteiger partial charge in [0.05, 0.1) is 9.79 Å². The van der Waals surface area contributed by atoms with Crippen LogP contribution in [0.15, 0.2) is 46.2 Å². The van der Waals surface area contributed by atoms with Crippen LogP contribution in [0.25, 0.3) is 11.1 Å². The topological polar surface area (TPSA) is 34.1 Å². The average molecular weight is 280 g/mol. The van der Waals surface area contributed by atoms with Crippen molar-refractivity contribution in [2.75, 3.05) is 0 Å². The molecule has 0 saturated heterocycles. The second-order valence-corrected chi connectivity index (χ2v) is 7.07. The Balaban J connectivity index is 2.58. The number of hydrogen-bond acceptors (Lipinski definition) is 2. The SMILES string of the molecule is O=S1(=O)c2cccc(P)c2-c2c(P)cccc21. The van der Waals surface area contributed by atoms with Gasteiger partial charge in [0, 0.05) is 11.1 Å². The van der Waals surface area contributed by atoms with E-state index in [1.165, 1.54) is 0 Å². The average Bonchev–Trinajstić information content (AvgIpc) is 2.52. The molecule has 2 aromatic carbocycles. The van der Waals surface area contributed by atoms with Crippen LogP contribution in [0.3, 0.4) is 0 Å². The first-order valence-corrected chi connectivity index (χ1v) is 7.69. The van der Waals surface area contributed by atoms with Crippen molar-refractivity contribution in [2.24, 2.45) is 0 Å². The van der Waals surface area contributed by atoms with E-state index in [9.17, 15) is 8.42 Å². The van der Waals surface area contributed by atoms with Crippen LogP contribution in [0.1, 0.15) is 0 Å². The van der Waals surface area contributed by atoms with Gasteiger partial charge in [-0.05, 0) is 22.7 Å². The Morgan fingerprint density at radius 3 is 1.59 bits per heavy atom. The molecule has 2 atom stereocenters. The Labute approximate surface area is 105 Å². The van der Waals surface area contributed by atoms with Gasteiger partial charge in [0.2, 0.25) is 9.84 Å². The van der Waals surface area contributed by atoms with Gasteiger partial charge in [-0.3, -0.25) is 0 Å². The quantitative estimate of drug-likeness (QED) is 0.585. The zero-order valence-electron chi connectivity index (χ0n) is 8.84. The van der Waals surface area contributed by atoms with Crippen LogP contribution in [0.4, 0.5) is 0 Å². The van der Waals surface area contributed by atoms with Gasteiger partial charge in [-0.15, -0.1) is 18.5 Å². The minimum absolute atomic E-state index is 0.412. The number of benzene rings is 2. The van der Waals surface area contributed by atoms with Gasteiger partial charge in [0.25, 0.3) is 0 Å². The summed E-state index contributed by atoms with van der Waals surface area (Å²) in [5.41, 5.74) is 1.64. The van der Waals surface area contributed by atoms with E-state index >= 15 is 0 Å². The summed E-state index contributed by atoms with van der Waals surface area (Å²) >= 11 is 0. The van der Waals surface area contributed by atoms with Gasteiger partial charge in [-0.1, -0.05) is 24.3 Å². The molecule has 2 nitrogen and oxygen atoms in total. The summed E-state index contributed by atoms with van der Waals surface area (Å²) in [6.45, 7) is 0. The Kier molecular flexibility index (Phi) is 2.42. The van der Waals surface area contributed by atoms with Crippen LogP contribution in [0.2, 0.25) is 0 Å². The van der Waals surface area contributed by atoms with E-state index in [2.05, 4.69) is 18.5 Å². The van der Waals surface area contributed by atoms with Crippen molar-refractivity contribution in [1.82, 2.24) is 0 Å². The van der Waals surface area contributed by atoms with Crippen LogP contribution < -0.4 is 10.6 Å². The summed E-state index contributed by atoms with van der Waals surface area (Å²) < 4.78 is 24.7. The zero-order chi connectivity index (χ0) is 12.2. The van der Waals surface area contributed by atoms with Gasteiger partial charge >= 0.3 is 0 Å². The van der Waals surface area contributed by atoms with Crippen molar-refractivity contribution in [3.05, 3.63) is 36.4 Å². The summed E-state index contributed by atoms with van der Waals surface area (Å²) in [4.78, 5) is 0.824. The second-order valence-electron chi connectivity index (χ2n) is 3.94. The molecule has 3 rings (SSSR count). The van der Waals surface area contributed by atoms with Gasteiger partial charge in [0.1, 0.15) is 0 Å². The van der Waals surface area contributed by atoms with E-state index in [0.29, 0.717) is 9.79 Å². The summed E-state index contributed by atoms with van der Waals surface area (Å²) in [6.07, 6.45) is 0. The summed E-state index contributed by atoms with van der Waals surface area (Å²) in [7, 11) is 1.87. The molecule has 0 aromatic heterocycles. The first kappa shape index (κ1) is 11.3. The molecule has 0 radical (unpaired) electrons. The Hall–Kier alpha value is -0.750. The molecule has 0 saturated carbocycles. The molecule has 0 bridgehead atoms. The highest BCUT2D eigenvalue weighted by atomic mass is 32.2. The van der Waals surface area contributed by atoms with Gasteiger partial charge < -0.3 is 0 Å². The molecule has 2 aromatic rings. The minimum atomic E-state index is -3.34. The molecule has 0 aliphatic carbocycles. The normalized spacial score (nSPS) is 15.4. The molecular weight excluding hydrogens is 270 g/mol. The largest absolute Gasteiger partial charge is 0.218 e. The van der Waals surface area contributed by atoms with Crippen LogP contribution in [0.5, 0.6) is 0 Å². The minimum Gasteiger partial charge on any atom is -0.218 e. The summed E-state index contributed by atoms with van der Waals surface area (Å²) in [6, 6.07) is 10.7. The second kappa shape index (κ2) is 3.62. The Bertz CT molecular complexity index is 679. The standard InChI is InChI=1S/C12H10O2P2S/c13-17(14)9-5-1-3-7(15)11(9)12-8(16)4-2-6-10(12)17/h1-6H,15-16H2. The molecule has 2 unspecified atom stereocenters. The lowest BCUT2D eigenvalue weighted by molar-refractivity contribution is 0.599. The smallest absolute Gasteiger partial charge is 0.207 e. The van der Waals surface area contributed by atoms with Crippen molar-refractivity contribution in [2.45, 2.75) is 9.79 Å². The lowest BCUT2D eigenvalue weighted by atomic mass is 10.1. The van der Waals surface area contributed by atoms with Crippen LogP contribution in [-0.4, -0.2) is 8.42 Å². The predicted molar refractivity (Wildman–Crippen MR) is 76.0 cm³/mol. The number of fused-ring (bicyclic) bond motifs is 3. The first-order valence-electron chi connectivity index (χ1n) is 5.06. The molecule has 5 heteroatoms. The highest BCUT2D eigenvalue weighted by Crippen LogP contribution is 2.41. The van der Waals surface area contributed by atoms with E-state index < -0.39 is 9.84 Å². The van der Waals surface area contributed by atoms with Crippen molar-refractivity contribution in [1.29, 1.82) is 0 Å². The fraction of sp³-hybridized carbons (Fsp3) is 0. The Morgan fingerprint density at radius 2 is 1.18 bits per heavy atom. The monoisotopic (exact) mass is 280 g/mol. The molecule has 0 N–H and O–H groups in total. The third-order valence-corrected chi connectivity index (χ3v) is 5.75. The van der Waals surface area contributed by atoms with E-state index in [4.69, 9.17) is 0 Å². The van der Waals surface area contributed by atoms with E-state index in [0.717, 1.165) is 21.7 Å². The van der Waals surface area contributed by atoms with Crippen molar-refractivity contribution in [3.8, 4) is 11.1 Å². The Morgan fingerprint density at radius 1 is 0.765 bits per heavy atom. The van der Waals surface area contributed by atoms with Gasteiger partial charge in [0.15, 0.2) is 0 Å². The highest BCUT2D eigenvalue weighted by Gasteiger charge is 2.34. The third kappa shape index (κ3) is 1.43. The predicted octanol–water partition coefficient (Wildman–Crippen LogP) is 1.50. The molecule has 86 valence electrons. The summed E-state index contributed by atoms with van der Waals surface area (Å²) in [5, 5.41) is 1.83. The molecule has 0 fully saturated rings. The van der Waals surface area contributed by atoms with Gasteiger partial charge in [-0.2, -0.15) is 0 Å². The maximum Gasteiger partial charge on any atom is 0.207 e. The fourth-order valence-electron chi connectivity index (χ4n) is 2.20. The summed E-state index contributed by atoms with van der Waals surface area (Å²) in [5.74, 6) is 0. The third-order valence-electron chi connectivity index (χ3n) is 2.95. The van der Waals surface area contributed by atoms with E-state index in [-0.39, 0.29) is 0 Å². The zero-order valence-corrected chi connectivity index (χ0v) is 12.0. The molecule has 1 heterocycles. The number of hydrogen-bond donors (Lipinski definition) is 0. The van der Waals surface area contributed by atoms with E-state index in [1.807, 2.05) is 12.1 Å². The van der Waals surface area contributed by atoms with E-state index in [1.54, 1.807) is 24.3 Å². The lowest BCUT2D eigenvalue weighted by Crippen LogP contribution is -2.02. The molecule has 0 spiro atoms.